The fourth-order valence-electron chi connectivity index (χ4n) is 2.22. The van der Waals surface area contributed by atoms with Gasteiger partial charge in [0.2, 0.25) is 0 Å². The molecular weight excluding hydrogens is 120 g/mol. The van der Waals surface area contributed by atoms with Gasteiger partial charge in [-0.2, -0.15) is 0 Å². The van der Waals surface area contributed by atoms with Crippen molar-refractivity contribution in [1.29, 1.82) is 0 Å². The highest BCUT2D eigenvalue weighted by atomic mass is 14.3. The minimum atomic E-state index is 0.919. The minimum absolute atomic E-state index is 0.919. The Bertz CT molecular complexity index is 135. The average Bonchev–Trinajstić information content (AvgIpc) is 2.05. The highest BCUT2D eigenvalue weighted by Gasteiger charge is 2.23. The van der Waals surface area contributed by atoms with Crippen LogP contribution in [0.3, 0.4) is 0 Å². The lowest BCUT2D eigenvalue weighted by Crippen LogP contribution is -2.19. The Morgan fingerprint density at radius 2 is 2.00 bits per heavy atom. The maximum atomic E-state index is 2.46. The SMILES string of the molecule is [CH]1CCC2CCC=CC2C1. The van der Waals surface area contributed by atoms with Gasteiger partial charge in [-0.25, -0.2) is 0 Å². The first kappa shape index (κ1) is 6.45. The fourth-order valence-corrected chi connectivity index (χ4v) is 2.22. The molecule has 0 aliphatic heterocycles. The van der Waals surface area contributed by atoms with E-state index in [0.29, 0.717) is 0 Å². The molecule has 0 heteroatoms. The molecule has 2 atom stereocenters. The molecule has 1 fully saturated rings. The molecule has 2 unspecified atom stereocenters. The van der Waals surface area contributed by atoms with E-state index in [9.17, 15) is 0 Å². The minimum Gasteiger partial charge on any atom is -0.0882 e. The standard InChI is InChI=1S/C10H15/c1-2-6-10-8-4-3-7-9(10)5-1/h1,3,5,9-10H,2,4,6-8H2. The third-order valence-electron chi connectivity index (χ3n) is 2.87. The molecule has 0 bridgehead atoms. The van der Waals surface area contributed by atoms with Crippen molar-refractivity contribution in [2.24, 2.45) is 11.8 Å². The summed E-state index contributed by atoms with van der Waals surface area (Å²) < 4.78 is 0. The Morgan fingerprint density at radius 3 is 2.90 bits per heavy atom. The first-order chi connectivity index (χ1) is 4.97. The molecule has 2 aliphatic rings. The van der Waals surface area contributed by atoms with Crippen LogP contribution in [0.1, 0.15) is 32.1 Å². The summed E-state index contributed by atoms with van der Waals surface area (Å²) in [5, 5.41) is 0. The number of fused-ring (bicyclic) bond motifs is 1. The van der Waals surface area contributed by atoms with Gasteiger partial charge in [-0.05, 0) is 50.4 Å². The first-order valence-corrected chi connectivity index (χ1v) is 4.45. The third kappa shape index (κ3) is 1.12. The molecule has 10 heavy (non-hydrogen) atoms. The molecule has 1 saturated carbocycles. The summed E-state index contributed by atoms with van der Waals surface area (Å²) in [6.45, 7) is 0. The Morgan fingerprint density at radius 1 is 1.10 bits per heavy atom. The first-order valence-electron chi connectivity index (χ1n) is 4.45. The van der Waals surface area contributed by atoms with E-state index in [1.54, 1.807) is 0 Å². The normalized spacial score (nSPS) is 39.2. The zero-order chi connectivity index (χ0) is 6.81. The Kier molecular flexibility index (Phi) is 1.79. The molecule has 0 aromatic carbocycles. The lowest BCUT2D eigenvalue weighted by atomic mass is 9.74. The summed E-state index contributed by atoms with van der Waals surface area (Å²) in [4.78, 5) is 0. The average molecular weight is 135 g/mol. The molecule has 55 valence electrons. The van der Waals surface area contributed by atoms with E-state index in [-0.39, 0.29) is 0 Å². The predicted octanol–water partition coefficient (Wildman–Crippen LogP) is 2.96. The maximum absolute atomic E-state index is 2.46. The van der Waals surface area contributed by atoms with E-state index in [1.165, 1.54) is 32.1 Å². The van der Waals surface area contributed by atoms with E-state index in [2.05, 4.69) is 18.6 Å². The van der Waals surface area contributed by atoms with Crippen LogP contribution in [0.5, 0.6) is 0 Å². The number of rotatable bonds is 0. The van der Waals surface area contributed by atoms with Crippen molar-refractivity contribution in [2.45, 2.75) is 32.1 Å². The number of hydrogen-bond donors (Lipinski definition) is 0. The van der Waals surface area contributed by atoms with Gasteiger partial charge in [0.15, 0.2) is 0 Å². The second-order valence-electron chi connectivity index (χ2n) is 3.53. The summed E-state index contributed by atoms with van der Waals surface area (Å²) in [5.74, 6) is 1.96. The van der Waals surface area contributed by atoms with Gasteiger partial charge in [0.05, 0.1) is 0 Å². The van der Waals surface area contributed by atoms with Crippen molar-refractivity contribution in [3.05, 3.63) is 18.6 Å². The van der Waals surface area contributed by atoms with Gasteiger partial charge >= 0.3 is 0 Å². The molecular formula is C10H15. The van der Waals surface area contributed by atoms with Crippen molar-refractivity contribution in [3.8, 4) is 0 Å². The number of allylic oxidation sites excluding steroid dienone is 2. The van der Waals surface area contributed by atoms with Crippen LogP contribution in [-0.4, -0.2) is 0 Å². The molecule has 0 amide bonds. The van der Waals surface area contributed by atoms with Gasteiger partial charge in [-0.3, -0.25) is 0 Å². The Balaban J connectivity index is 2.03. The molecule has 0 N–H and O–H groups in total. The molecule has 1 radical (unpaired) electrons. The Hall–Kier alpha value is -0.260. The quantitative estimate of drug-likeness (QED) is 0.448. The summed E-state index contributed by atoms with van der Waals surface area (Å²) in [6.07, 6.45) is 14.2. The monoisotopic (exact) mass is 135 g/mol. The van der Waals surface area contributed by atoms with Crippen molar-refractivity contribution in [2.75, 3.05) is 0 Å². The highest BCUT2D eigenvalue weighted by Crippen LogP contribution is 2.36. The highest BCUT2D eigenvalue weighted by molar-refractivity contribution is 5.01. The fraction of sp³-hybridized carbons (Fsp3) is 0.700. The summed E-state index contributed by atoms with van der Waals surface area (Å²) in [7, 11) is 0. The molecule has 0 spiro atoms. The molecule has 0 aromatic rings. The van der Waals surface area contributed by atoms with Crippen LogP contribution in [0.15, 0.2) is 12.2 Å². The molecule has 0 heterocycles. The van der Waals surface area contributed by atoms with Gasteiger partial charge in [-0.15, -0.1) is 0 Å². The van der Waals surface area contributed by atoms with Crippen LogP contribution in [0.25, 0.3) is 0 Å². The van der Waals surface area contributed by atoms with Crippen LogP contribution in [-0.2, 0) is 0 Å². The van der Waals surface area contributed by atoms with Gasteiger partial charge in [0.25, 0.3) is 0 Å². The van der Waals surface area contributed by atoms with Gasteiger partial charge in [0, 0.05) is 0 Å². The molecule has 0 saturated heterocycles. The van der Waals surface area contributed by atoms with Gasteiger partial charge in [-0.1, -0.05) is 12.2 Å². The van der Waals surface area contributed by atoms with E-state index >= 15 is 0 Å². The second kappa shape index (κ2) is 2.77. The summed E-state index contributed by atoms with van der Waals surface area (Å²) in [6, 6.07) is 0. The lowest BCUT2D eigenvalue weighted by molar-refractivity contribution is 0.295. The van der Waals surface area contributed by atoms with Crippen LogP contribution in [0.4, 0.5) is 0 Å². The lowest BCUT2D eigenvalue weighted by Gasteiger charge is -2.31. The van der Waals surface area contributed by atoms with Crippen molar-refractivity contribution in [1.82, 2.24) is 0 Å². The van der Waals surface area contributed by atoms with Crippen LogP contribution in [0.2, 0.25) is 0 Å². The molecule has 2 aliphatic carbocycles. The topological polar surface area (TPSA) is 0 Å². The van der Waals surface area contributed by atoms with Crippen molar-refractivity contribution in [3.63, 3.8) is 0 Å². The Labute approximate surface area is 63.3 Å². The smallest absolute Gasteiger partial charge is 0.0202 e. The van der Waals surface area contributed by atoms with E-state index in [1.807, 2.05) is 0 Å². The molecule has 2 rings (SSSR count). The maximum Gasteiger partial charge on any atom is -0.0202 e. The third-order valence-corrected chi connectivity index (χ3v) is 2.87. The van der Waals surface area contributed by atoms with E-state index < -0.39 is 0 Å². The van der Waals surface area contributed by atoms with Crippen LogP contribution in [0, 0.1) is 18.3 Å². The molecule has 0 nitrogen and oxygen atoms in total. The molecule has 0 aromatic heterocycles. The summed E-state index contributed by atoms with van der Waals surface area (Å²) >= 11 is 0. The van der Waals surface area contributed by atoms with E-state index in [4.69, 9.17) is 0 Å². The van der Waals surface area contributed by atoms with Gasteiger partial charge < -0.3 is 0 Å². The largest absolute Gasteiger partial charge is 0.0882 e. The van der Waals surface area contributed by atoms with Gasteiger partial charge in [0.1, 0.15) is 0 Å². The number of hydrogen-bond acceptors (Lipinski definition) is 0. The van der Waals surface area contributed by atoms with Crippen molar-refractivity contribution >= 4 is 0 Å². The van der Waals surface area contributed by atoms with Crippen LogP contribution < -0.4 is 0 Å². The summed E-state index contributed by atoms with van der Waals surface area (Å²) in [5.41, 5.74) is 0. The van der Waals surface area contributed by atoms with E-state index in [0.717, 1.165) is 11.8 Å². The van der Waals surface area contributed by atoms with Crippen molar-refractivity contribution < 1.29 is 0 Å². The second-order valence-corrected chi connectivity index (χ2v) is 3.53. The zero-order valence-electron chi connectivity index (χ0n) is 6.42. The predicted molar refractivity (Wildman–Crippen MR) is 43.5 cm³/mol. The zero-order valence-corrected chi connectivity index (χ0v) is 6.42. The van der Waals surface area contributed by atoms with Crippen LogP contribution >= 0.6 is 0 Å².